The highest BCUT2D eigenvalue weighted by Gasteiger charge is 2.11. The molecule has 2 rings (SSSR count). The summed E-state index contributed by atoms with van der Waals surface area (Å²) in [5.41, 5.74) is 0.684. The highest BCUT2D eigenvalue weighted by Crippen LogP contribution is 2.22. The van der Waals surface area contributed by atoms with Crippen molar-refractivity contribution >= 4 is 17.3 Å². The summed E-state index contributed by atoms with van der Waals surface area (Å²) >= 11 is 5.91. The average molecular weight is 316 g/mol. The first-order valence-corrected chi connectivity index (χ1v) is 6.33. The van der Waals surface area contributed by atoms with E-state index in [0.717, 1.165) is 5.56 Å². The molecule has 112 valence electrons. The number of benzene rings is 1. The van der Waals surface area contributed by atoms with Gasteiger partial charge in [-0.05, 0) is 17.7 Å². The van der Waals surface area contributed by atoms with Gasteiger partial charge in [0.1, 0.15) is 10.8 Å². The lowest BCUT2D eigenvalue weighted by Gasteiger charge is -2.19. The van der Waals surface area contributed by atoms with Crippen LogP contribution < -0.4 is 15.2 Å². The van der Waals surface area contributed by atoms with E-state index in [-0.39, 0.29) is 10.8 Å². The van der Waals surface area contributed by atoms with Crippen molar-refractivity contribution < 1.29 is 13.5 Å². The minimum Gasteiger partial charge on any atom is -0.435 e. The molecule has 0 fully saturated rings. The van der Waals surface area contributed by atoms with Gasteiger partial charge in [-0.2, -0.15) is 13.9 Å². The quantitative estimate of drug-likeness (QED) is 0.921. The third kappa shape index (κ3) is 3.91. The highest BCUT2D eigenvalue weighted by atomic mass is 35.5. The molecule has 8 heteroatoms. The number of aromatic amines is 1. The van der Waals surface area contributed by atoms with Crippen LogP contribution in [0.2, 0.25) is 5.02 Å². The molecule has 1 N–H and O–H groups in total. The third-order valence-electron chi connectivity index (χ3n) is 2.73. The number of hydrogen-bond donors (Lipinski definition) is 1. The van der Waals surface area contributed by atoms with Crippen LogP contribution in [0.4, 0.5) is 14.5 Å². The zero-order valence-electron chi connectivity index (χ0n) is 11.0. The minimum absolute atomic E-state index is 0.0208. The molecule has 0 atom stereocenters. The van der Waals surface area contributed by atoms with E-state index in [1.165, 1.54) is 18.3 Å². The summed E-state index contributed by atoms with van der Waals surface area (Å²) in [6, 6.07) is 6.30. The van der Waals surface area contributed by atoms with Crippen molar-refractivity contribution in [3.63, 3.8) is 0 Å². The molecule has 0 radical (unpaired) electrons. The number of rotatable bonds is 5. The molecule has 0 unspecified atom stereocenters. The molecule has 1 aromatic heterocycles. The van der Waals surface area contributed by atoms with Crippen LogP contribution in [0.25, 0.3) is 0 Å². The van der Waals surface area contributed by atoms with E-state index in [1.807, 2.05) is 0 Å². The monoisotopic (exact) mass is 315 g/mol. The van der Waals surface area contributed by atoms with Crippen LogP contribution in [0.3, 0.4) is 0 Å². The Kier molecular flexibility index (Phi) is 4.74. The zero-order chi connectivity index (χ0) is 15.4. The van der Waals surface area contributed by atoms with Gasteiger partial charge in [0.05, 0.1) is 11.9 Å². The molecule has 5 nitrogen and oxygen atoms in total. The lowest BCUT2D eigenvalue weighted by Crippen LogP contribution is -2.21. The Morgan fingerprint density at radius 3 is 2.95 bits per heavy atom. The summed E-state index contributed by atoms with van der Waals surface area (Å²) in [5.74, 6) is 0.0750. The van der Waals surface area contributed by atoms with Crippen molar-refractivity contribution in [2.75, 3.05) is 11.9 Å². The van der Waals surface area contributed by atoms with E-state index >= 15 is 0 Å². The van der Waals surface area contributed by atoms with Gasteiger partial charge in [-0.15, -0.1) is 0 Å². The Hall–Kier alpha value is -2.15. The topological polar surface area (TPSA) is 58.2 Å². The molecular formula is C13H12ClF2N3O2. The van der Waals surface area contributed by atoms with Gasteiger partial charge in [0, 0.05) is 13.6 Å². The second-order valence-corrected chi connectivity index (χ2v) is 4.66. The first-order valence-electron chi connectivity index (χ1n) is 5.95. The van der Waals surface area contributed by atoms with E-state index in [9.17, 15) is 13.6 Å². The molecular weight excluding hydrogens is 304 g/mol. The van der Waals surface area contributed by atoms with Gasteiger partial charge in [-0.25, -0.2) is 5.10 Å². The van der Waals surface area contributed by atoms with E-state index in [1.54, 1.807) is 24.1 Å². The van der Waals surface area contributed by atoms with Gasteiger partial charge in [0.25, 0.3) is 5.56 Å². The van der Waals surface area contributed by atoms with Crippen LogP contribution >= 0.6 is 11.6 Å². The summed E-state index contributed by atoms with van der Waals surface area (Å²) in [6.45, 7) is -2.52. The van der Waals surface area contributed by atoms with Gasteiger partial charge in [0.2, 0.25) is 0 Å². The molecule has 0 saturated heterocycles. The lowest BCUT2D eigenvalue weighted by atomic mass is 10.2. The van der Waals surface area contributed by atoms with Crippen molar-refractivity contribution in [1.29, 1.82) is 0 Å². The smallest absolute Gasteiger partial charge is 0.387 e. The van der Waals surface area contributed by atoms with E-state index in [2.05, 4.69) is 14.9 Å². The van der Waals surface area contributed by atoms with Crippen LogP contribution in [-0.4, -0.2) is 23.9 Å². The third-order valence-corrected chi connectivity index (χ3v) is 3.10. The molecule has 1 aromatic carbocycles. The summed E-state index contributed by atoms with van der Waals surface area (Å²) in [6.07, 6.45) is 1.42. The Morgan fingerprint density at radius 2 is 2.24 bits per heavy atom. The van der Waals surface area contributed by atoms with E-state index in [4.69, 9.17) is 11.6 Å². The molecule has 0 amide bonds. The van der Waals surface area contributed by atoms with Crippen molar-refractivity contribution in [3.8, 4) is 5.75 Å². The Bertz CT molecular complexity index is 678. The number of nitrogens with one attached hydrogen (secondary N) is 1. The van der Waals surface area contributed by atoms with E-state index < -0.39 is 12.2 Å². The van der Waals surface area contributed by atoms with Gasteiger partial charge >= 0.3 is 6.61 Å². The summed E-state index contributed by atoms with van der Waals surface area (Å²) in [4.78, 5) is 13.1. The Labute approximate surface area is 124 Å². The van der Waals surface area contributed by atoms with Gasteiger partial charge < -0.3 is 9.64 Å². The second kappa shape index (κ2) is 6.53. The van der Waals surface area contributed by atoms with Crippen LogP contribution in [0.1, 0.15) is 5.56 Å². The second-order valence-electron chi connectivity index (χ2n) is 4.28. The highest BCUT2D eigenvalue weighted by molar-refractivity contribution is 6.32. The fraction of sp³-hybridized carbons (Fsp3) is 0.231. The lowest BCUT2D eigenvalue weighted by molar-refractivity contribution is -0.0498. The fourth-order valence-corrected chi connectivity index (χ4v) is 2.05. The number of anilines is 1. The Balaban J connectivity index is 2.17. The molecule has 0 aliphatic heterocycles. The number of aromatic nitrogens is 2. The minimum atomic E-state index is -2.87. The van der Waals surface area contributed by atoms with E-state index in [0.29, 0.717) is 12.2 Å². The van der Waals surface area contributed by atoms with Crippen LogP contribution in [0.5, 0.6) is 5.75 Å². The van der Waals surface area contributed by atoms with Crippen LogP contribution in [0, 0.1) is 0 Å². The number of hydrogen-bond acceptors (Lipinski definition) is 4. The van der Waals surface area contributed by atoms with Crippen molar-refractivity contribution in [2.45, 2.75) is 13.2 Å². The normalized spacial score (nSPS) is 10.7. The zero-order valence-corrected chi connectivity index (χ0v) is 11.8. The van der Waals surface area contributed by atoms with Gasteiger partial charge in [-0.1, -0.05) is 23.7 Å². The number of alkyl halides is 2. The Morgan fingerprint density at radius 1 is 1.48 bits per heavy atom. The average Bonchev–Trinajstić information content (AvgIpc) is 2.41. The van der Waals surface area contributed by atoms with Crippen molar-refractivity contribution in [3.05, 3.63) is 51.4 Å². The molecule has 1 heterocycles. The predicted octanol–water partition coefficient (Wildman–Crippen LogP) is 2.66. The predicted molar refractivity (Wildman–Crippen MR) is 75.0 cm³/mol. The number of halogens is 3. The summed E-state index contributed by atoms with van der Waals surface area (Å²) in [5, 5.41) is 5.92. The SMILES string of the molecule is CN(Cc1cccc(OC(F)F)c1)c1cn[nH]c(=O)c1Cl. The van der Waals surface area contributed by atoms with Crippen molar-refractivity contribution in [2.24, 2.45) is 0 Å². The summed E-state index contributed by atoms with van der Waals surface area (Å²) < 4.78 is 28.7. The number of H-pyrrole nitrogens is 1. The number of nitrogens with zero attached hydrogens (tertiary/aromatic N) is 2. The molecule has 21 heavy (non-hydrogen) atoms. The maximum absolute atomic E-state index is 12.2. The molecule has 0 aliphatic carbocycles. The largest absolute Gasteiger partial charge is 0.435 e. The van der Waals surface area contributed by atoms with Crippen LogP contribution in [0.15, 0.2) is 35.3 Å². The maximum Gasteiger partial charge on any atom is 0.387 e. The molecule has 0 saturated carbocycles. The maximum atomic E-state index is 12.2. The molecule has 0 bridgehead atoms. The van der Waals surface area contributed by atoms with Crippen molar-refractivity contribution in [1.82, 2.24) is 10.2 Å². The first kappa shape index (κ1) is 15.2. The molecule has 0 aliphatic rings. The van der Waals surface area contributed by atoms with Gasteiger partial charge in [0.15, 0.2) is 0 Å². The standard InChI is InChI=1S/C13H12ClF2N3O2/c1-19(10-6-17-18-12(20)11(10)14)7-8-3-2-4-9(5-8)21-13(15)16/h2-6,13H,7H2,1H3,(H,18,20). The fourth-order valence-electron chi connectivity index (χ4n) is 1.82. The summed E-state index contributed by atoms with van der Waals surface area (Å²) in [7, 11) is 1.71. The van der Waals surface area contributed by atoms with Crippen LogP contribution in [-0.2, 0) is 6.54 Å². The molecule has 2 aromatic rings. The molecule has 0 spiro atoms. The number of ether oxygens (including phenoxy) is 1. The van der Waals surface area contributed by atoms with Gasteiger partial charge in [-0.3, -0.25) is 4.79 Å². The first-order chi connectivity index (χ1) is 9.97.